The van der Waals surface area contributed by atoms with Crippen molar-refractivity contribution >= 4 is 18.0 Å². The molecule has 6 nitrogen and oxygen atoms in total. The number of hydrogen-bond acceptors (Lipinski definition) is 4. The molecule has 0 spiro atoms. The van der Waals surface area contributed by atoms with Gasteiger partial charge in [-0.15, -0.1) is 0 Å². The van der Waals surface area contributed by atoms with Crippen molar-refractivity contribution in [3.05, 3.63) is 42.0 Å². The van der Waals surface area contributed by atoms with E-state index in [-0.39, 0.29) is 0 Å². The number of carbonyl (C=O) groups is 2. The first-order valence-corrected chi connectivity index (χ1v) is 6.99. The van der Waals surface area contributed by atoms with Crippen LogP contribution in [0.2, 0.25) is 0 Å². The number of hydroxylamine groups is 2. The van der Waals surface area contributed by atoms with Crippen LogP contribution in [0.15, 0.2) is 36.4 Å². The quantitative estimate of drug-likeness (QED) is 0.332. The molecule has 0 bridgehead atoms. The fraction of sp³-hybridized carbons (Fsp3) is 0.333. The molecule has 0 aromatic heterocycles. The first-order chi connectivity index (χ1) is 11.2. The summed E-state index contributed by atoms with van der Waals surface area (Å²) >= 11 is 0. The van der Waals surface area contributed by atoms with Crippen LogP contribution in [0.3, 0.4) is 0 Å². The third kappa shape index (κ3) is 10.4. The molecule has 0 atom stereocenters. The lowest BCUT2D eigenvalue weighted by atomic mass is 10.2. The molecule has 134 valence electrons. The fourth-order valence-electron chi connectivity index (χ4n) is 1.37. The lowest BCUT2D eigenvalue weighted by molar-refractivity contribution is -0.368. The van der Waals surface area contributed by atoms with E-state index in [0.29, 0.717) is 6.54 Å². The monoisotopic (exact) mass is 348 g/mol. The number of rotatable bonds is 6. The van der Waals surface area contributed by atoms with Crippen LogP contribution in [-0.2, 0) is 9.59 Å². The smallest absolute Gasteiger partial charge is 0.430 e. The van der Waals surface area contributed by atoms with Crippen LogP contribution in [-0.4, -0.2) is 41.4 Å². The van der Waals surface area contributed by atoms with Gasteiger partial charge in [0, 0.05) is 12.6 Å². The van der Waals surface area contributed by atoms with E-state index in [2.05, 4.69) is 5.73 Å². The van der Waals surface area contributed by atoms with Gasteiger partial charge in [-0.1, -0.05) is 30.3 Å². The maximum absolute atomic E-state index is 11.5. The van der Waals surface area contributed by atoms with E-state index in [1.807, 2.05) is 30.3 Å². The van der Waals surface area contributed by atoms with Crippen molar-refractivity contribution in [2.75, 3.05) is 13.1 Å². The Labute approximate surface area is 136 Å². The topological polar surface area (TPSA) is 108 Å². The number of carboxylic acid groups (broad SMARTS) is 1. The Bertz CT molecular complexity index is 533. The van der Waals surface area contributed by atoms with Crippen LogP contribution in [0.25, 0.3) is 6.08 Å². The molecule has 0 unspecified atom stereocenters. The lowest BCUT2D eigenvalue weighted by Crippen LogP contribution is -2.50. The van der Waals surface area contributed by atoms with E-state index < -0.39 is 18.1 Å². The molecule has 0 heterocycles. The van der Waals surface area contributed by atoms with Gasteiger partial charge < -0.3 is 15.6 Å². The summed E-state index contributed by atoms with van der Waals surface area (Å²) in [6, 6.07) is 9.50. The predicted octanol–water partition coefficient (Wildman–Crippen LogP) is 0.238. The predicted molar refractivity (Wildman–Crippen MR) is 77.0 cm³/mol. The number of carbonyl (C=O) groups excluding carboxylic acids is 2. The van der Waals surface area contributed by atoms with Crippen LogP contribution in [0.5, 0.6) is 0 Å². The molecule has 1 aromatic carbocycles. The number of alkyl halides is 3. The Hall–Kier alpha value is -2.39. The molecule has 0 aliphatic carbocycles. The van der Waals surface area contributed by atoms with Gasteiger partial charge in [-0.25, -0.2) is 5.06 Å². The second-order valence-corrected chi connectivity index (χ2v) is 4.55. The van der Waals surface area contributed by atoms with Crippen molar-refractivity contribution in [2.45, 2.75) is 19.0 Å². The molecular weight excluding hydrogens is 329 g/mol. The molecule has 1 rings (SSSR count). The van der Waals surface area contributed by atoms with E-state index in [9.17, 15) is 23.2 Å². The summed E-state index contributed by atoms with van der Waals surface area (Å²) in [5, 5.41) is 19.0. The minimum Gasteiger partial charge on any atom is -0.542 e. The van der Waals surface area contributed by atoms with Gasteiger partial charge in [0.05, 0.1) is 6.54 Å². The van der Waals surface area contributed by atoms with Crippen LogP contribution < -0.4 is 10.8 Å². The van der Waals surface area contributed by atoms with Crippen LogP contribution >= 0.6 is 0 Å². The molecule has 0 saturated heterocycles. The maximum atomic E-state index is 11.5. The summed E-state index contributed by atoms with van der Waals surface area (Å²) in [4.78, 5) is 20.3. The third-order valence-corrected chi connectivity index (χ3v) is 2.57. The van der Waals surface area contributed by atoms with Gasteiger partial charge in [0.25, 0.3) is 5.91 Å². The molecule has 24 heavy (non-hydrogen) atoms. The summed E-state index contributed by atoms with van der Waals surface area (Å²) < 4.78 is 31.5. The second kappa shape index (κ2) is 11.2. The maximum Gasteiger partial charge on any atom is 0.430 e. The molecule has 1 aromatic rings. The molecule has 9 heteroatoms. The Morgan fingerprint density at radius 3 is 2.21 bits per heavy atom. The summed E-state index contributed by atoms with van der Waals surface area (Å²) in [5.74, 6) is -3.40. The highest BCUT2D eigenvalue weighted by molar-refractivity contribution is 5.90. The first kappa shape index (κ1) is 21.6. The Morgan fingerprint density at radius 1 is 1.21 bits per heavy atom. The highest BCUT2D eigenvalue weighted by Crippen LogP contribution is 2.11. The van der Waals surface area contributed by atoms with Crippen molar-refractivity contribution in [1.29, 1.82) is 0 Å². The average molecular weight is 348 g/mol. The van der Waals surface area contributed by atoms with Gasteiger partial charge in [0.2, 0.25) is 0 Å². The fourth-order valence-corrected chi connectivity index (χ4v) is 1.37. The van der Waals surface area contributed by atoms with Crippen molar-refractivity contribution < 1.29 is 38.8 Å². The minimum absolute atomic E-state index is 0.355. The first-order valence-electron chi connectivity index (χ1n) is 6.99. The van der Waals surface area contributed by atoms with Crippen molar-refractivity contribution in [3.63, 3.8) is 0 Å². The normalized spacial score (nSPS) is 10.9. The molecule has 0 aliphatic rings. The van der Waals surface area contributed by atoms with Gasteiger partial charge in [-0.3, -0.25) is 10.0 Å². The van der Waals surface area contributed by atoms with Crippen molar-refractivity contribution in [2.24, 2.45) is 0 Å². The summed E-state index contributed by atoms with van der Waals surface area (Å²) in [7, 11) is 0. The molecular formula is C15H19F3N2O4. The van der Waals surface area contributed by atoms with Crippen LogP contribution in [0.1, 0.15) is 18.4 Å². The van der Waals surface area contributed by atoms with E-state index in [1.165, 1.54) is 6.08 Å². The number of carboxylic acids is 1. The molecule has 0 aliphatic heterocycles. The molecule has 4 N–H and O–H groups in total. The molecule has 0 radical (unpaired) electrons. The zero-order valence-electron chi connectivity index (χ0n) is 12.8. The third-order valence-electron chi connectivity index (χ3n) is 2.57. The molecule has 0 saturated carbocycles. The SMILES string of the molecule is O=C([O-])C(F)(F)F.[NH3+]CCCCN(O)C(=O)/C=C/c1ccccc1. The van der Waals surface area contributed by atoms with Crippen molar-refractivity contribution in [3.8, 4) is 0 Å². The van der Waals surface area contributed by atoms with Crippen LogP contribution in [0, 0.1) is 0 Å². The molecule has 0 fully saturated rings. The summed E-state index contributed by atoms with van der Waals surface area (Å²) in [6.07, 6.45) is -0.454. The van der Waals surface area contributed by atoms with E-state index >= 15 is 0 Å². The zero-order valence-corrected chi connectivity index (χ0v) is 12.8. The second-order valence-electron chi connectivity index (χ2n) is 4.55. The van der Waals surface area contributed by atoms with E-state index in [0.717, 1.165) is 30.0 Å². The lowest BCUT2D eigenvalue weighted by Gasteiger charge is -2.11. The summed E-state index contributed by atoms with van der Waals surface area (Å²) in [6.45, 7) is 1.18. The van der Waals surface area contributed by atoms with E-state index in [4.69, 9.17) is 9.90 Å². The number of quaternary nitrogens is 1. The van der Waals surface area contributed by atoms with Crippen molar-refractivity contribution in [1.82, 2.24) is 5.06 Å². The van der Waals surface area contributed by atoms with Crippen LogP contribution in [0.4, 0.5) is 13.2 Å². The number of amides is 1. The number of unbranched alkanes of at least 4 members (excludes halogenated alkanes) is 1. The zero-order chi connectivity index (χ0) is 18.6. The van der Waals surface area contributed by atoms with Gasteiger partial charge in [-0.2, -0.15) is 13.2 Å². The number of nitrogens with zero attached hydrogens (tertiary/aromatic N) is 1. The van der Waals surface area contributed by atoms with Gasteiger partial charge in [-0.05, 0) is 24.5 Å². The number of benzene rings is 1. The number of hydrogen-bond donors (Lipinski definition) is 2. The Balaban J connectivity index is 0.000000640. The molecule has 1 amide bonds. The Kier molecular flexibility index (Phi) is 10.1. The standard InChI is InChI=1S/C13H18N2O2.C2HF3O2/c14-10-4-5-11-15(17)13(16)9-8-12-6-2-1-3-7-12;3-2(4,5)1(6)7/h1-3,6-9,17H,4-5,10-11,14H2;(H,6,7)/b9-8+;. The Morgan fingerprint density at radius 2 is 1.75 bits per heavy atom. The van der Waals surface area contributed by atoms with Gasteiger partial charge >= 0.3 is 6.18 Å². The largest absolute Gasteiger partial charge is 0.542 e. The highest BCUT2D eigenvalue weighted by Gasteiger charge is 2.28. The number of aliphatic carboxylic acids is 1. The van der Waals surface area contributed by atoms with Gasteiger partial charge in [0.1, 0.15) is 5.97 Å². The minimum atomic E-state index is -5.19. The van der Waals surface area contributed by atoms with Gasteiger partial charge in [0.15, 0.2) is 0 Å². The average Bonchev–Trinajstić information content (AvgIpc) is 2.53. The summed E-state index contributed by atoms with van der Waals surface area (Å²) in [5.41, 5.74) is 4.64. The number of halogens is 3. The highest BCUT2D eigenvalue weighted by atomic mass is 19.4. The van der Waals surface area contributed by atoms with E-state index in [1.54, 1.807) is 6.08 Å².